The largest absolute Gasteiger partial charge is 0.489 e. The molecule has 2 aliphatic rings. The Morgan fingerprint density at radius 2 is 2.29 bits per heavy atom. The van der Waals surface area contributed by atoms with Gasteiger partial charge in [-0.25, -0.2) is 4.39 Å². The van der Waals surface area contributed by atoms with E-state index in [4.69, 9.17) is 10.00 Å². The van der Waals surface area contributed by atoms with Gasteiger partial charge in [0.05, 0.1) is 17.8 Å². The Hall–Kier alpha value is -1.76. The topological polar surface area (TPSA) is 36.3 Å². The van der Waals surface area contributed by atoms with Gasteiger partial charge >= 0.3 is 0 Å². The fourth-order valence-electron chi connectivity index (χ4n) is 2.27. The smallest absolute Gasteiger partial charge is 0.146 e. The molecule has 17 heavy (non-hydrogen) atoms. The summed E-state index contributed by atoms with van der Waals surface area (Å²) in [5.74, 6) is 0.833. The number of rotatable bonds is 2. The number of anilines is 1. The van der Waals surface area contributed by atoms with Gasteiger partial charge in [0.25, 0.3) is 0 Å². The van der Waals surface area contributed by atoms with Crippen LogP contribution >= 0.6 is 0 Å². The summed E-state index contributed by atoms with van der Waals surface area (Å²) in [4.78, 5) is 2.16. The molecule has 0 amide bonds. The van der Waals surface area contributed by atoms with Crippen molar-refractivity contribution in [2.24, 2.45) is 5.92 Å². The van der Waals surface area contributed by atoms with Crippen molar-refractivity contribution >= 4 is 5.69 Å². The minimum atomic E-state index is -0.409. The number of nitrogens with zero attached hydrogens (tertiary/aromatic N) is 2. The van der Waals surface area contributed by atoms with Crippen molar-refractivity contribution in [1.29, 1.82) is 5.26 Å². The van der Waals surface area contributed by atoms with E-state index in [1.54, 1.807) is 0 Å². The van der Waals surface area contributed by atoms with Crippen LogP contribution in [-0.2, 0) is 0 Å². The van der Waals surface area contributed by atoms with Crippen LogP contribution < -0.4 is 9.64 Å². The van der Waals surface area contributed by atoms with E-state index in [0.717, 1.165) is 24.7 Å². The molecule has 3 rings (SSSR count). The predicted octanol–water partition coefficient (Wildman–Crippen LogP) is 2.31. The molecule has 1 aliphatic heterocycles. The molecule has 0 saturated heterocycles. The molecule has 3 nitrogen and oxygen atoms in total. The normalized spacial score (nSPS) is 18.2. The predicted molar refractivity (Wildman–Crippen MR) is 61.5 cm³/mol. The van der Waals surface area contributed by atoms with Crippen molar-refractivity contribution in [2.75, 3.05) is 24.6 Å². The standard InChI is InChI=1S/C13H13FN2O/c14-11-5-10(7-15)13-12(6-11)17-4-3-16(13)8-9-1-2-9/h5-6,9H,1-4,8H2. The number of ether oxygens (including phenoxy) is 1. The van der Waals surface area contributed by atoms with E-state index < -0.39 is 5.82 Å². The van der Waals surface area contributed by atoms with Gasteiger partial charge in [-0.05, 0) is 24.8 Å². The van der Waals surface area contributed by atoms with Gasteiger partial charge in [-0.2, -0.15) is 5.26 Å². The second-order valence-corrected chi connectivity index (χ2v) is 4.65. The van der Waals surface area contributed by atoms with Crippen molar-refractivity contribution in [3.63, 3.8) is 0 Å². The Morgan fingerprint density at radius 3 is 3.00 bits per heavy atom. The molecule has 1 aromatic carbocycles. The molecule has 0 spiro atoms. The Kier molecular flexibility index (Phi) is 2.40. The lowest BCUT2D eigenvalue weighted by Gasteiger charge is -2.32. The highest BCUT2D eigenvalue weighted by Crippen LogP contribution is 2.39. The molecule has 1 aliphatic carbocycles. The van der Waals surface area contributed by atoms with Crippen LogP contribution in [0.2, 0.25) is 0 Å². The van der Waals surface area contributed by atoms with E-state index >= 15 is 0 Å². The van der Waals surface area contributed by atoms with Crippen LogP contribution in [-0.4, -0.2) is 19.7 Å². The van der Waals surface area contributed by atoms with Crippen molar-refractivity contribution in [1.82, 2.24) is 0 Å². The lowest BCUT2D eigenvalue weighted by Crippen LogP contribution is -2.35. The molecular formula is C13H13FN2O. The summed E-state index contributed by atoms with van der Waals surface area (Å²) in [6.07, 6.45) is 2.52. The zero-order valence-electron chi connectivity index (χ0n) is 9.45. The lowest BCUT2D eigenvalue weighted by molar-refractivity contribution is 0.304. The number of benzene rings is 1. The zero-order chi connectivity index (χ0) is 11.8. The third kappa shape index (κ3) is 1.93. The van der Waals surface area contributed by atoms with E-state index in [1.807, 2.05) is 0 Å². The van der Waals surface area contributed by atoms with Crippen molar-refractivity contribution in [2.45, 2.75) is 12.8 Å². The van der Waals surface area contributed by atoms with Crippen LogP contribution in [0.5, 0.6) is 5.75 Å². The summed E-state index contributed by atoms with van der Waals surface area (Å²) in [5.41, 5.74) is 1.15. The van der Waals surface area contributed by atoms with Gasteiger partial charge in [0.1, 0.15) is 24.2 Å². The van der Waals surface area contributed by atoms with Crippen LogP contribution in [0.3, 0.4) is 0 Å². The van der Waals surface area contributed by atoms with Gasteiger partial charge in [-0.1, -0.05) is 0 Å². The van der Waals surface area contributed by atoms with Crippen LogP contribution in [0, 0.1) is 23.1 Å². The van der Waals surface area contributed by atoms with Crippen molar-refractivity contribution < 1.29 is 9.13 Å². The Morgan fingerprint density at radius 1 is 1.47 bits per heavy atom. The summed E-state index contributed by atoms with van der Waals surface area (Å²) < 4.78 is 18.7. The molecule has 0 N–H and O–H groups in total. The summed E-state index contributed by atoms with van der Waals surface area (Å²) in [5, 5.41) is 9.09. The Labute approximate surface area is 99.4 Å². The first-order valence-corrected chi connectivity index (χ1v) is 5.89. The quantitative estimate of drug-likeness (QED) is 0.785. The minimum absolute atomic E-state index is 0.375. The maximum Gasteiger partial charge on any atom is 0.146 e. The van der Waals surface area contributed by atoms with Gasteiger partial charge in [-0.15, -0.1) is 0 Å². The summed E-state index contributed by atoms with van der Waals surface area (Å²) in [6, 6.07) is 4.71. The number of fused-ring (bicyclic) bond motifs is 1. The second kappa shape index (κ2) is 3.92. The van der Waals surface area contributed by atoms with Gasteiger partial charge < -0.3 is 9.64 Å². The molecule has 88 valence electrons. The molecule has 0 atom stereocenters. The fourth-order valence-corrected chi connectivity index (χ4v) is 2.27. The third-order valence-corrected chi connectivity index (χ3v) is 3.27. The molecule has 0 aromatic heterocycles. The second-order valence-electron chi connectivity index (χ2n) is 4.65. The lowest BCUT2D eigenvalue weighted by atomic mass is 10.1. The van der Waals surface area contributed by atoms with E-state index in [0.29, 0.717) is 17.9 Å². The van der Waals surface area contributed by atoms with Crippen molar-refractivity contribution in [3.05, 3.63) is 23.5 Å². The molecule has 4 heteroatoms. The van der Waals surface area contributed by atoms with E-state index in [1.165, 1.54) is 25.0 Å². The van der Waals surface area contributed by atoms with Crippen LogP contribution in [0.25, 0.3) is 0 Å². The van der Waals surface area contributed by atoms with Crippen LogP contribution in [0.1, 0.15) is 18.4 Å². The number of hydrogen-bond acceptors (Lipinski definition) is 3. The van der Waals surface area contributed by atoms with Crippen LogP contribution in [0.4, 0.5) is 10.1 Å². The number of hydrogen-bond donors (Lipinski definition) is 0. The van der Waals surface area contributed by atoms with Gasteiger partial charge in [0.2, 0.25) is 0 Å². The first-order chi connectivity index (χ1) is 8.28. The maximum atomic E-state index is 13.3. The Balaban J connectivity index is 2.01. The average molecular weight is 232 g/mol. The molecule has 1 saturated carbocycles. The highest BCUT2D eigenvalue weighted by molar-refractivity contribution is 5.69. The minimum Gasteiger partial charge on any atom is -0.489 e. The van der Waals surface area contributed by atoms with Gasteiger partial charge in [-0.3, -0.25) is 0 Å². The third-order valence-electron chi connectivity index (χ3n) is 3.27. The average Bonchev–Trinajstić information content (AvgIpc) is 3.11. The highest BCUT2D eigenvalue weighted by Gasteiger charge is 2.29. The molecule has 0 radical (unpaired) electrons. The van der Waals surface area contributed by atoms with Gasteiger partial charge in [0.15, 0.2) is 0 Å². The van der Waals surface area contributed by atoms with E-state index in [9.17, 15) is 4.39 Å². The highest BCUT2D eigenvalue weighted by atomic mass is 19.1. The van der Waals surface area contributed by atoms with Gasteiger partial charge in [0, 0.05) is 12.6 Å². The summed E-state index contributed by atoms with van der Waals surface area (Å²) in [7, 11) is 0. The molecule has 0 unspecified atom stereocenters. The first kappa shape index (κ1) is 10.4. The molecule has 0 bridgehead atoms. The fraction of sp³-hybridized carbons (Fsp3) is 0.462. The van der Waals surface area contributed by atoms with E-state index in [2.05, 4.69) is 11.0 Å². The number of halogens is 1. The molecule has 1 aromatic rings. The first-order valence-electron chi connectivity index (χ1n) is 5.89. The van der Waals surface area contributed by atoms with E-state index in [-0.39, 0.29) is 0 Å². The monoisotopic (exact) mass is 232 g/mol. The summed E-state index contributed by atoms with van der Waals surface area (Å²) in [6.45, 7) is 2.30. The Bertz CT molecular complexity index is 491. The molecule has 1 fully saturated rings. The summed E-state index contributed by atoms with van der Waals surface area (Å²) >= 11 is 0. The maximum absolute atomic E-state index is 13.3. The number of nitriles is 1. The SMILES string of the molecule is N#Cc1cc(F)cc2c1N(CC1CC1)CCO2. The molecule has 1 heterocycles. The van der Waals surface area contributed by atoms with Crippen molar-refractivity contribution in [3.8, 4) is 11.8 Å². The zero-order valence-corrected chi connectivity index (χ0v) is 9.45. The molecular weight excluding hydrogens is 219 g/mol. The van der Waals surface area contributed by atoms with Crippen LogP contribution in [0.15, 0.2) is 12.1 Å².